The highest BCUT2D eigenvalue weighted by atomic mass is 19.1. The zero-order valence-electron chi connectivity index (χ0n) is 10.2. The fourth-order valence-corrected chi connectivity index (χ4v) is 2.38. The smallest absolute Gasteiger partial charge is 0.314 e. The number of hydrogen-bond acceptors (Lipinski definition) is 4. The Bertz CT molecular complexity index is 553. The molecular weight excluding hydrogens is 257 g/mol. The number of hydrogen-bond donors (Lipinski definition) is 1. The van der Waals surface area contributed by atoms with Crippen molar-refractivity contribution in [3.63, 3.8) is 0 Å². The summed E-state index contributed by atoms with van der Waals surface area (Å²) in [5, 5.41) is 20.1. The predicted octanol–water partition coefficient (Wildman–Crippen LogP) is 2.25. The maximum atomic E-state index is 13.8. The van der Waals surface area contributed by atoms with E-state index >= 15 is 0 Å². The van der Waals surface area contributed by atoms with Gasteiger partial charge in [0.15, 0.2) is 11.6 Å². The van der Waals surface area contributed by atoms with E-state index in [0.717, 1.165) is 12.1 Å². The zero-order valence-corrected chi connectivity index (χ0v) is 10.2. The van der Waals surface area contributed by atoms with Crippen LogP contribution in [-0.4, -0.2) is 23.1 Å². The molecule has 1 aliphatic rings. The number of methoxy groups -OCH3 is 1. The van der Waals surface area contributed by atoms with Crippen LogP contribution in [-0.2, 0) is 10.2 Å². The lowest BCUT2D eigenvalue weighted by molar-refractivity contribution is -0.385. The molecule has 102 valence electrons. The van der Waals surface area contributed by atoms with Crippen molar-refractivity contribution in [1.82, 2.24) is 0 Å². The van der Waals surface area contributed by atoms with Crippen molar-refractivity contribution in [2.75, 3.05) is 7.11 Å². The van der Waals surface area contributed by atoms with Gasteiger partial charge in [-0.15, -0.1) is 0 Å². The molecule has 0 spiro atoms. The molecule has 0 radical (unpaired) electrons. The summed E-state index contributed by atoms with van der Waals surface area (Å²) >= 11 is 0. The highest BCUT2D eigenvalue weighted by molar-refractivity contribution is 5.84. The highest BCUT2D eigenvalue weighted by Crippen LogP contribution is 2.49. The molecule has 0 heterocycles. The van der Waals surface area contributed by atoms with E-state index in [9.17, 15) is 24.4 Å². The number of nitro groups is 1. The first-order valence-electron chi connectivity index (χ1n) is 5.68. The molecule has 19 heavy (non-hydrogen) atoms. The lowest BCUT2D eigenvalue weighted by atomic mass is 9.64. The minimum atomic E-state index is -1.28. The Kier molecular flexibility index (Phi) is 3.13. The van der Waals surface area contributed by atoms with Gasteiger partial charge in [-0.2, -0.15) is 0 Å². The van der Waals surface area contributed by atoms with Crippen LogP contribution in [0.2, 0.25) is 0 Å². The van der Waals surface area contributed by atoms with Crippen LogP contribution in [0.5, 0.6) is 5.75 Å². The molecule has 0 amide bonds. The van der Waals surface area contributed by atoms with Crippen molar-refractivity contribution in [3.8, 4) is 5.75 Å². The van der Waals surface area contributed by atoms with Crippen LogP contribution in [0, 0.1) is 15.9 Å². The van der Waals surface area contributed by atoms with Gasteiger partial charge >= 0.3 is 5.97 Å². The second-order valence-electron chi connectivity index (χ2n) is 4.51. The van der Waals surface area contributed by atoms with E-state index in [1.165, 1.54) is 7.11 Å². The molecule has 1 aliphatic carbocycles. The van der Waals surface area contributed by atoms with E-state index < -0.39 is 27.8 Å². The van der Waals surface area contributed by atoms with E-state index in [-0.39, 0.29) is 11.3 Å². The number of rotatable bonds is 4. The summed E-state index contributed by atoms with van der Waals surface area (Å²) in [6.07, 6.45) is 1.32. The summed E-state index contributed by atoms with van der Waals surface area (Å²) < 4.78 is 18.7. The van der Waals surface area contributed by atoms with Crippen LogP contribution in [0.1, 0.15) is 24.8 Å². The molecule has 0 aliphatic heterocycles. The number of nitrogens with zero attached hydrogens (tertiary/aromatic N) is 1. The molecule has 1 aromatic rings. The summed E-state index contributed by atoms with van der Waals surface area (Å²) in [6, 6.07) is 1.83. The number of carbonyl (C=O) groups is 1. The Hall–Kier alpha value is -2.18. The van der Waals surface area contributed by atoms with E-state index in [2.05, 4.69) is 0 Å². The third-order valence-electron chi connectivity index (χ3n) is 3.58. The zero-order chi connectivity index (χ0) is 14.2. The van der Waals surface area contributed by atoms with Gasteiger partial charge in [0.2, 0.25) is 0 Å². The van der Waals surface area contributed by atoms with Gasteiger partial charge in [0.25, 0.3) is 5.69 Å². The number of aliphatic carboxylic acids is 1. The summed E-state index contributed by atoms with van der Waals surface area (Å²) in [7, 11) is 1.21. The number of ether oxygens (including phenoxy) is 1. The first-order valence-corrected chi connectivity index (χ1v) is 5.68. The average Bonchev–Trinajstić information content (AvgIpc) is 2.26. The van der Waals surface area contributed by atoms with Crippen LogP contribution in [0.15, 0.2) is 12.1 Å². The summed E-state index contributed by atoms with van der Waals surface area (Å²) in [5.41, 5.74) is -1.71. The third kappa shape index (κ3) is 1.91. The molecule has 0 saturated heterocycles. The van der Waals surface area contributed by atoms with E-state index in [1.807, 2.05) is 0 Å². The molecular formula is C12H12FNO5. The summed E-state index contributed by atoms with van der Waals surface area (Å²) in [5.74, 6) is -2.26. The maximum Gasteiger partial charge on any atom is 0.314 e. The van der Waals surface area contributed by atoms with Crippen LogP contribution in [0.3, 0.4) is 0 Å². The number of non-ortho nitro benzene ring substituents is 1. The molecule has 0 aromatic heterocycles. The fraction of sp³-hybridized carbons (Fsp3) is 0.417. The molecule has 0 atom stereocenters. The maximum absolute atomic E-state index is 13.8. The second kappa shape index (κ2) is 4.49. The molecule has 1 N–H and O–H groups in total. The molecule has 1 saturated carbocycles. The van der Waals surface area contributed by atoms with Crippen molar-refractivity contribution in [2.45, 2.75) is 24.7 Å². The quantitative estimate of drug-likeness (QED) is 0.668. The van der Waals surface area contributed by atoms with Gasteiger partial charge in [-0.05, 0) is 12.8 Å². The molecule has 1 aromatic carbocycles. The van der Waals surface area contributed by atoms with Gasteiger partial charge in [-0.3, -0.25) is 14.9 Å². The lowest BCUT2D eigenvalue weighted by Crippen LogP contribution is -2.42. The molecule has 1 fully saturated rings. The van der Waals surface area contributed by atoms with Crippen molar-refractivity contribution in [2.24, 2.45) is 0 Å². The number of carboxylic acids is 1. The average molecular weight is 269 g/mol. The molecule has 2 rings (SSSR count). The minimum Gasteiger partial charge on any atom is -0.493 e. The predicted molar refractivity (Wildman–Crippen MR) is 62.8 cm³/mol. The summed E-state index contributed by atoms with van der Waals surface area (Å²) in [4.78, 5) is 21.4. The minimum absolute atomic E-state index is 0.0421. The number of nitro benzene ring substituents is 1. The van der Waals surface area contributed by atoms with Gasteiger partial charge < -0.3 is 9.84 Å². The molecule has 7 heteroatoms. The Morgan fingerprint density at radius 2 is 2.16 bits per heavy atom. The Morgan fingerprint density at radius 1 is 1.53 bits per heavy atom. The number of carboxylic acid groups (broad SMARTS) is 1. The van der Waals surface area contributed by atoms with E-state index in [0.29, 0.717) is 19.3 Å². The second-order valence-corrected chi connectivity index (χ2v) is 4.51. The molecule has 0 unspecified atom stereocenters. The van der Waals surface area contributed by atoms with Gasteiger partial charge in [0.05, 0.1) is 23.5 Å². The third-order valence-corrected chi connectivity index (χ3v) is 3.58. The fourth-order valence-electron chi connectivity index (χ4n) is 2.38. The Morgan fingerprint density at radius 3 is 2.53 bits per heavy atom. The highest BCUT2D eigenvalue weighted by Gasteiger charge is 2.49. The van der Waals surface area contributed by atoms with Gasteiger partial charge in [-0.1, -0.05) is 6.42 Å². The molecule has 6 nitrogen and oxygen atoms in total. The van der Waals surface area contributed by atoms with E-state index in [4.69, 9.17) is 4.74 Å². The first-order chi connectivity index (χ1) is 8.92. The van der Waals surface area contributed by atoms with Crippen molar-refractivity contribution in [3.05, 3.63) is 33.6 Å². The van der Waals surface area contributed by atoms with Crippen molar-refractivity contribution >= 4 is 11.7 Å². The first kappa shape index (κ1) is 13.3. The SMILES string of the molecule is COc1c(F)cc([N+](=O)[O-])cc1C1(C(=O)O)CCC1. The normalized spacial score (nSPS) is 16.5. The van der Waals surface area contributed by atoms with Crippen LogP contribution >= 0.6 is 0 Å². The Labute approximate surface area is 108 Å². The van der Waals surface area contributed by atoms with Gasteiger partial charge in [0, 0.05) is 11.6 Å². The van der Waals surface area contributed by atoms with Crippen LogP contribution in [0.4, 0.5) is 10.1 Å². The Balaban J connectivity index is 2.66. The lowest BCUT2D eigenvalue weighted by Gasteiger charge is -2.38. The monoisotopic (exact) mass is 269 g/mol. The van der Waals surface area contributed by atoms with Gasteiger partial charge in [-0.25, -0.2) is 4.39 Å². The van der Waals surface area contributed by atoms with Crippen molar-refractivity contribution < 1.29 is 24.0 Å². The van der Waals surface area contributed by atoms with Crippen molar-refractivity contribution in [1.29, 1.82) is 0 Å². The largest absolute Gasteiger partial charge is 0.493 e. The van der Waals surface area contributed by atoms with Crippen LogP contribution < -0.4 is 4.74 Å². The number of halogens is 1. The standard InChI is InChI=1S/C12H12FNO5/c1-19-10-8(12(11(15)16)3-2-4-12)5-7(14(17)18)6-9(10)13/h5-6H,2-4H2,1H3,(H,15,16). The van der Waals surface area contributed by atoms with Gasteiger partial charge in [0.1, 0.15) is 0 Å². The molecule has 0 bridgehead atoms. The number of benzene rings is 1. The topological polar surface area (TPSA) is 89.7 Å². The van der Waals surface area contributed by atoms with E-state index in [1.54, 1.807) is 0 Å². The van der Waals surface area contributed by atoms with Crippen LogP contribution in [0.25, 0.3) is 0 Å². The summed E-state index contributed by atoms with van der Waals surface area (Å²) in [6.45, 7) is 0.